The molecule has 0 aliphatic heterocycles. The zero-order valence-electron chi connectivity index (χ0n) is 10.0. The highest BCUT2D eigenvalue weighted by molar-refractivity contribution is 9.10. The molecule has 92 valence electrons. The maximum Gasteiger partial charge on any atom is 0.129 e. The van der Waals surface area contributed by atoms with E-state index in [1.165, 1.54) is 0 Å². The van der Waals surface area contributed by atoms with Gasteiger partial charge >= 0.3 is 0 Å². The molecular weight excluding hydrogens is 312 g/mol. The smallest absolute Gasteiger partial charge is 0.129 e. The van der Waals surface area contributed by atoms with Gasteiger partial charge in [0, 0.05) is 9.35 Å². The monoisotopic (exact) mass is 322 g/mol. The molecule has 0 atom stereocenters. The summed E-state index contributed by atoms with van der Waals surface area (Å²) < 4.78 is 6.32. The molecule has 0 amide bonds. The van der Waals surface area contributed by atoms with Gasteiger partial charge in [-0.15, -0.1) is 11.3 Å². The van der Waals surface area contributed by atoms with Crippen LogP contribution in [0.2, 0.25) is 0 Å². The van der Waals surface area contributed by atoms with E-state index in [9.17, 15) is 0 Å². The summed E-state index contributed by atoms with van der Waals surface area (Å²) in [6, 6.07) is 7.97. The third-order valence-corrected chi connectivity index (χ3v) is 4.21. The average molecular weight is 323 g/mol. The van der Waals surface area contributed by atoms with E-state index in [1.807, 2.05) is 25.1 Å². The molecule has 3 nitrogen and oxygen atoms in total. The van der Waals surface area contributed by atoms with E-state index in [0.29, 0.717) is 6.42 Å². The minimum absolute atomic E-state index is 0.403. The Labute approximate surface area is 118 Å². The lowest BCUT2D eigenvalue weighted by molar-refractivity contribution is 0.416. The van der Waals surface area contributed by atoms with Crippen molar-refractivity contribution in [1.82, 2.24) is 4.98 Å². The molecule has 0 saturated carbocycles. The minimum Gasteiger partial charge on any atom is -0.496 e. The Kier molecular flexibility index (Phi) is 4.00. The van der Waals surface area contributed by atoms with Gasteiger partial charge in [0.25, 0.3) is 0 Å². The van der Waals surface area contributed by atoms with Crippen molar-refractivity contribution in [3.63, 3.8) is 0 Å². The number of ether oxygens (including phenoxy) is 1. The number of hydrogen-bond acceptors (Lipinski definition) is 4. The number of thiazole rings is 1. The summed E-state index contributed by atoms with van der Waals surface area (Å²) in [5.74, 6) is 0.787. The summed E-state index contributed by atoms with van der Waals surface area (Å²) in [7, 11) is 1.64. The van der Waals surface area contributed by atoms with Crippen molar-refractivity contribution < 1.29 is 4.74 Å². The van der Waals surface area contributed by atoms with Gasteiger partial charge in [0.1, 0.15) is 10.8 Å². The second-order valence-electron chi connectivity index (χ2n) is 3.71. The quantitative estimate of drug-likeness (QED) is 0.859. The molecule has 0 aliphatic rings. The number of aromatic nitrogens is 1. The Morgan fingerprint density at radius 1 is 1.50 bits per heavy atom. The van der Waals surface area contributed by atoms with Gasteiger partial charge in [-0.3, -0.25) is 0 Å². The van der Waals surface area contributed by atoms with Crippen LogP contribution in [-0.4, -0.2) is 12.1 Å². The van der Waals surface area contributed by atoms with E-state index in [-0.39, 0.29) is 0 Å². The molecule has 0 unspecified atom stereocenters. The Hall–Kier alpha value is -1.38. The summed E-state index contributed by atoms with van der Waals surface area (Å²) in [5.41, 5.74) is 1.86. The largest absolute Gasteiger partial charge is 0.496 e. The zero-order chi connectivity index (χ0) is 13.1. The summed E-state index contributed by atoms with van der Waals surface area (Å²) in [5, 5.41) is 9.65. The first-order valence-electron chi connectivity index (χ1n) is 5.33. The van der Waals surface area contributed by atoms with Crippen LogP contribution in [0.15, 0.2) is 22.7 Å². The van der Waals surface area contributed by atoms with Crippen LogP contribution in [0.1, 0.15) is 10.6 Å². The first kappa shape index (κ1) is 13.1. The van der Waals surface area contributed by atoms with Crippen molar-refractivity contribution in [2.24, 2.45) is 0 Å². The van der Waals surface area contributed by atoms with Crippen LogP contribution < -0.4 is 4.74 Å². The van der Waals surface area contributed by atoms with Crippen molar-refractivity contribution in [3.8, 4) is 22.4 Å². The van der Waals surface area contributed by atoms with E-state index >= 15 is 0 Å². The van der Waals surface area contributed by atoms with Gasteiger partial charge in [0.2, 0.25) is 0 Å². The molecule has 0 radical (unpaired) electrons. The Bertz CT molecular complexity index is 616. The normalized spacial score (nSPS) is 10.1. The SMILES string of the molecule is COc1ccc(Br)cc1-c1nc(C)c(CC#N)s1. The first-order chi connectivity index (χ1) is 8.65. The number of benzene rings is 1. The number of hydrogen-bond donors (Lipinski definition) is 0. The van der Waals surface area contributed by atoms with Crippen LogP contribution >= 0.6 is 27.3 Å². The molecule has 0 N–H and O–H groups in total. The predicted octanol–water partition coefficient (Wildman–Crippen LogP) is 3.96. The van der Waals surface area contributed by atoms with E-state index in [2.05, 4.69) is 27.0 Å². The maximum atomic E-state index is 8.77. The number of nitriles is 1. The Morgan fingerprint density at radius 2 is 2.28 bits per heavy atom. The van der Waals surface area contributed by atoms with Crippen molar-refractivity contribution in [2.75, 3.05) is 7.11 Å². The van der Waals surface area contributed by atoms with Crippen molar-refractivity contribution in [3.05, 3.63) is 33.2 Å². The van der Waals surface area contributed by atoms with Gasteiger partial charge in [-0.1, -0.05) is 15.9 Å². The lowest BCUT2D eigenvalue weighted by Gasteiger charge is -2.05. The van der Waals surface area contributed by atoms with Gasteiger partial charge in [0.05, 0.1) is 30.9 Å². The minimum atomic E-state index is 0.403. The molecule has 0 aliphatic carbocycles. The number of halogens is 1. The van der Waals surface area contributed by atoms with E-state index in [4.69, 9.17) is 10.00 Å². The highest BCUT2D eigenvalue weighted by atomic mass is 79.9. The summed E-state index contributed by atoms with van der Waals surface area (Å²) >= 11 is 4.99. The van der Waals surface area contributed by atoms with Gasteiger partial charge in [-0.2, -0.15) is 5.26 Å². The maximum absolute atomic E-state index is 8.77. The predicted molar refractivity (Wildman–Crippen MR) is 75.9 cm³/mol. The van der Waals surface area contributed by atoms with Crippen LogP contribution in [0.25, 0.3) is 10.6 Å². The summed E-state index contributed by atoms with van der Waals surface area (Å²) in [6.45, 7) is 1.93. The van der Waals surface area contributed by atoms with Crippen LogP contribution in [0, 0.1) is 18.3 Å². The second-order valence-corrected chi connectivity index (χ2v) is 5.71. The van der Waals surface area contributed by atoms with Gasteiger partial charge in [-0.05, 0) is 25.1 Å². The van der Waals surface area contributed by atoms with Gasteiger partial charge < -0.3 is 4.74 Å². The highest BCUT2D eigenvalue weighted by Crippen LogP contribution is 2.36. The number of rotatable bonds is 3. The molecular formula is C13H11BrN2OS. The van der Waals surface area contributed by atoms with Gasteiger partial charge in [-0.25, -0.2) is 4.98 Å². The van der Waals surface area contributed by atoms with Gasteiger partial charge in [0.15, 0.2) is 0 Å². The number of nitrogens with zero attached hydrogens (tertiary/aromatic N) is 2. The van der Waals surface area contributed by atoms with Crippen LogP contribution in [-0.2, 0) is 6.42 Å². The van der Waals surface area contributed by atoms with Crippen LogP contribution in [0.3, 0.4) is 0 Å². The third kappa shape index (κ3) is 2.55. The lowest BCUT2D eigenvalue weighted by atomic mass is 10.2. The zero-order valence-corrected chi connectivity index (χ0v) is 12.4. The fourth-order valence-corrected chi connectivity index (χ4v) is 3.00. The first-order valence-corrected chi connectivity index (χ1v) is 6.94. The molecule has 0 saturated heterocycles. The molecule has 1 heterocycles. The Balaban J connectivity index is 2.51. The molecule has 1 aromatic heterocycles. The average Bonchev–Trinajstić information content (AvgIpc) is 2.71. The number of aryl methyl sites for hydroxylation is 1. The molecule has 2 aromatic rings. The van der Waals surface area contributed by atoms with Crippen molar-refractivity contribution in [2.45, 2.75) is 13.3 Å². The second kappa shape index (κ2) is 5.51. The summed E-state index contributed by atoms with van der Waals surface area (Å²) in [6.07, 6.45) is 0.403. The summed E-state index contributed by atoms with van der Waals surface area (Å²) in [4.78, 5) is 5.52. The molecule has 0 bridgehead atoms. The van der Waals surface area contributed by atoms with Crippen molar-refractivity contribution >= 4 is 27.3 Å². The Morgan fingerprint density at radius 3 is 2.94 bits per heavy atom. The highest BCUT2D eigenvalue weighted by Gasteiger charge is 2.13. The molecule has 0 fully saturated rings. The lowest BCUT2D eigenvalue weighted by Crippen LogP contribution is -1.87. The standard InChI is InChI=1S/C13H11BrN2OS/c1-8-12(5-6-15)18-13(16-8)10-7-9(14)3-4-11(10)17-2/h3-4,7H,5H2,1-2H3. The van der Waals surface area contributed by atoms with E-state index < -0.39 is 0 Å². The van der Waals surface area contributed by atoms with E-state index in [1.54, 1.807) is 18.4 Å². The van der Waals surface area contributed by atoms with E-state index in [0.717, 1.165) is 31.4 Å². The molecule has 1 aromatic carbocycles. The molecule has 5 heteroatoms. The molecule has 18 heavy (non-hydrogen) atoms. The fraction of sp³-hybridized carbons (Fsp3) is 0.231. The van der Waals surface area contributed by atoms with Crippen LogP contribution in [0.5, 0.6) is 5.75 Å². The third-order valence-electron chi connectivity index (χ3n) is 2.52. The molecule has 2 rings (SSSR count). The van der Waals surface area contributed by atoms with Crippen LogP contribution in [0.4, 0.5) is 0 Å². The van der Waals surface area contributed by atoms with Crippen molar-refractivity contribution in [1.29, 1.82) is 5.26 Å². The number of methoxy groups -OCH3 is 1. The topological polar surface area (TPSA) is 45.9 Å². The molecule has 0 spiro atoms. The fourth-order valence-electron chi connectivity index (χ4n) is 1.63.